The van der Waals surface area contributed by atoms with Gasteiger partial charge in [0.15, 0.2) is 6.10 Å². The maximum absolute atomic E-state index is 12.9. The third kappa shape index (κ3) is 65.0. The molecule has 454 valence electrons. The van der Waals surface area contributed by atoms with E-state index in [9.17, 15) is 14.4 Å². The number of hydrogen-bond acceptors (Lipinski definition) is 6. The number of esters is 3. The number of hydrogen-bond donors (Lipinski definition) is 0. The van der Waals surface area contributed by atoms with Gasteiger partial charge in [-0.15, -0.1) is 0 Å². The van der Waals surface area contributed by atoms with Crippen molar-refractivity contribution < 1.29 is 28.6 Å². The van der Waals surface area contributed by atoms with Gasteiger partial charge in [0.25, 0.3) is 0 Å². The third-order valence-electron chi connectivity index (χ3n) is 14.6. The van der Waals surface area contributed by atoms with Crippen LogP contribution in [0, 0.1) is 0 Å². The SMILES string of the molecule is CC/C=C\C/C=C\C/C=C\C/C=C\C/C=C\C/C=C\CCC(=O)OC(COC(=O)CCCCCCCCCCCCC/C=C\C/C=C\CCCCCCC)COC(=O)CCCCCCCCCCCCCCCCCCCCC. The van der Waals surface area contributed by atoms with Gasteiger partial charge in [-0.1, -0.05) is 317 Å². The summed E-state index contributed by atoms with van der Waals surface area (Å²) in [6.07, 6.45) is 90.0. The van der Waals surface area contributed by atoms with Crippen LogP contribution in [0.4, 0.5) is 0 Å². The van der Waals surface area contributed by atoms with Gasteiger partial charge < -0.3 is 14.2 Å². The van der Waals surface area contributed by atoms with Crippen LogP contribution in [-0.2, 0) is 28.6 Å². The first-order valence-electron chi connectivity index (χ1n) is 33.7. The number of unbranched alkanes of at least 4 members (excludes halogenated alkanes) is 34. The molecule has 0 aliphatic carbocycles. The second-order valence-corrected chi connectivity index (χ2v) is 22.4. The van der Waals surface area contributed by atoms with Gasteiger partial charge in [0.2, 0.25) is 0 Å². The fourth-order valence-electron chi connectivity index (χ4n) is 9.56. The molecular weight excluding hydrogens is 973 g/mol. The number of allylic oxidation sites excluding steroid dienone is 16. The lowest BCUT2D eigenvalue weighted by Gasteiger charge is -2.18. The maximum Gasteiger partial charge on any atom is 0.306 e. The Hall–Kier alpha value is -3.67. The summed E-state index contributed by atoms with van der Waals surface area (Å²) < 4.78 is 16.9. The van der Waals surface area contributed by atoms with Gasteiger partial charge in [-0.3, -0.25) is 14.4 Å². The lowest BCUT2D eigenvalue weighted by molar-refractivity contribution is -0.166. The second kappa shape index (κ2) is 66.8. The molecule has 0 N–H and O–H groups in total. The molecule has 1 unspecified atom stereocenters. The Balaban J connectivity index is 4.44. The molecule has 0 aliphatic heterocycles. The van der Waals surface area contributed by atoms with Crippen molar-refractivity contribution >= 4 is 17.9 Å². The molecule has 0 rings (SSSR count). The van der Waals surface area contributed by atoms with E-state index in [4.69, 9.17) is 14.2 Å². The molecule has 0 fully saturated rings. The van der Waals surface area contributed by atoms with Crippen molar-refractivity contribution in [2.45, 2.75) is 335 Å². The largest absolute Gasteiger partial charge is 0.462 e. The first-order valence-corrected chi connectivity index (χ1v) is 33.7. The van der Waals surface area contributed by atoms with Crippen molar-refractivity contribution in [2.75, 3.05) is 13.2 Å². The standard InChI is InChI=1S/C73H126O6/c1-4-7-10-13-16-19-22-25-28-31-34-35-36-37-40-42-45-48-51-54-57-60-63-66-72(75)78-69-70(79-73(76)67-64-61-58-55-52-49-46-43-39-33-30-27-24-21-18-15-12-9-6-3)68-77-71(74)65-62-59-56-53-50-47-44-41-38-32-29-26-23-20-17-14-11-8-5-2/h9,12,18,21-22,25,27,30-31,34,39,43,49,52,58,61,70H,4-8,10-11,13-17,19-20,23-24,26,28-29,32-33,35-38,40-42,44-48,50-51,53-57,59-60,62-69H2,1-3H3/b12-9-,21-18-,25-22-,30-27-,34-31-,43-39-,52-49-,61-58-. The molecule has 0 aromatic carbocycles. The molecule has 0 heterocycles. The zero-order valence-electron chi connectivity index (χ0n) is 52.1. The zero-order chi connectivity index (χ0) is 57.1. The number of carbonyl (C=O) groups excluding carboxylic acids is 3. The van der Waals surface area contributed by atoms with E-state index in [0.29, 0.717) is 19.3 Å². The first-order chi connectivity index (χ1) is 39.0. The monoisotopic (exact) mass is 1100 g/mol. The van der Waals surface area contributed by atoms with Crippen LogP contribution < -0.4 is 0 Å². The van der Waals surface area contributed by atoms with E-state index in [0.717, 1.165) is 83.5 Å². The summed E-state index contributed by atoms with van der Waals surface area (Å²) in [5.41, 5.74) is 0. The molecule has 0 aromatic rings. The number of carbonyl (C=O) groups is 3. The van der Waals surface area contributed by atoms with Crippen LogP contribution in [-0.4, -0.2) is 37.2 Å². The molecule has 0 aromatic heterocycles. The van der Waals surface area contributed by atoms with E-state index < -0.39 is 6.10 Å². The highest BCUT2D eigenvalue weighted by Gasteiger charge is 2.19. The molecule has 1 atom stereocenters. The summed E-state index contributed by atoms with van der Waals surface area (Å²) in [6, 6.07) is 0. The minimum Gasteiger partial charge on any atom is -0.462 e. The molecule has 0 spiro atoms. The van der Waals surface area contributed by atoms with Gasteiger partial charge in [0.1, 0.15) is 13.2 Å². The van der Waals surface area contributed by atoms with Gasteiger partial charge in [-0.2, -0.15) is 0 Å². The molecule has 0 radical (unpaired) electrons. The van der Waals surface area contributed by atoms with Gasteiger partial charge in [-0.05, 0) is 89.9 Å². The van der Waals surface area contributed by atoms with E-state index in [1.165, 1.54) is 199 Å². The van der Waals surface area contributed by atoms with Gasteiger partial charge in [0.05, 0.1) is 0 Å². The van der Waals surface area contributed by atoms with Crippen LogP contribution >= 0.6 is 0 Å². The molecule has 0 saturated heterocycles. The van der Waals surface area contributed by atoms with Crippen molar-refractivity contribution in [1.82, 2.24) is 0 Å². The van der Waals surface area contributed by atoms with E-state index in [2.05, 4.69) is 112 Å². The van der Waals surface area contributed by atoms with Crippen molar-refractivity contribution in [3.05, 3.63) is 97.2 Å². The summed E-state index contributed by atoms with van der Waals surface area (Å²) in [6.45, 7) is 6.50. The fraction of sp³-hybridized carbons (Fsp3) is 0.740. The minimum absolute atomic E-state index is 0.105. The smallest absolute Gasteiger partial charge is 0.306 e. The molecule has 0 saturated carbocycles. The molecule has 6 nitrogen and oxygen atoms in total. The predicted octanol–water partition coefficient (Wildman–Crippen LogP) is 23.2. The van der Waals surface area contributed by atoms with Crippen LogP contribution in [0.5, 0.6) is 0 Å². The predicted molar refractivity (Wildman–Crippen MR) is 344 cm³/mol. The van der Waals surface area contributed by atoms with Crippen molar-refractivity contribution in [2.24, 2.45) is 0 Å². The molecule has 0 amide bonds. The lowest BCUT2D eigenvalue weighted by atomic mass is 10.0. The van der Waals surface area contributed by atoms with Gasteiger partial charge >= 0.3 is 17.9 Å². The Kier molecular flexibility index (Phi) is 63.7. The highest BCUT2D eigenvalue weighted by Crippen LogP contribution is 2.17. The van der Waals surface area contributed by atoms with Crippen molar-refractivity contribution in [3.8, 4) is 0 Å². The van der Waals surface area contributed by atoms with Crippen LogP contribution in [0.1, 0.15) is 329 Å². The topological polar surface area (TPSA) is 78.9 Å². The zero-order valence-corrected chi connectivity index (χ0v) is 52.1. The second-order valence-electron chi connectivity index (χ2n) is 22.4. The summed E-state index contributed by atoms with van der Waals surface area (Å²) >= 11 is 0. The maximum atomic E-state index is 12.9. The van der Waals surface area contributed by atoms with Crippen LogP contribution in [0.25, 0.3) is 0 Å². The highest BCUT2D eigenvalue weighted by atomic mass is 16.6. The lowest BCUT2D eigenvalue weighted by Crippen LogP contribution is -2.30. The summed E-state index contributed by atoms with van der Waals surface area (Å²) in [5, 5.41) is 0. The molecule has 0 aliphatic rings. The van der Waals surface area contributed by atoms with Gasteiger partial charge in [0, 0.05) is 19.3 Å². The number of rotatable bonds is 61. The average Bonchev–Trinajstić information content (AvgIpc) is 3.45. The van der Waals surface area contributed by atoms with Crippen molar-refractivity contribution in [3.63, 3.8) is 0 Å². The summed E-state index contributed by atoms with van der Waals surface area (Å²) in [4.78, 5) is 38.4. The Morgan fingerprint density at radius 2 is 0.519 bits per heavy atom. The Morgan fingerprint density at radius 3 is 0.823 bits per heavy atom. The average molecular weight is 1100 g/mol. The van der Waals surface area contributed by atoms with Crippen LogP contribution in [0.3, 0.4) is 0 Å². The fourth-order valence-corrected chi connectivity index (χ4v) is 9.56. The van der Waals surface area contributed by atoms with E-state index in [1.54, 1.807) is 0 Å². The third-order valence-corrected chi connectivity index (χ3v) is 14.6. The summed E-state index contributed by atoms with van der Waals surface area (Å²) in [5.74, 6) is -0.978. The van der Waals surface area contributed by atoms with E-state index >= 15 is 0 Å². The quantitative estimate of drug-likeness (QED) is 0.0261. The minimum atomic E-state index is -0.820. The summed E-state index contributed by atoms with van der Waals surface area (Å²) in [7, 11) is 0. The van der Waals surface area contributed by atoms with Crippen LogP contribution in [0.2, 0.25) is 0 Å². The van der Waals surface area contributed by atoms with Gasteiger partial charge in [-0.25, -0.2) is 0 Å². The Bertz CT molecular complexity index is 1540. The van der Waals surface area contributed by atoms with Crippen LogP contribution in [0.15, 0.2) is 97.2 Å². The Morgan fingerprint density at radius 1 is 0.266 bits per heavy atom. The highest BCUT2D eigenvalue weighted by molar-refractivity contribution is 5.71. The van der Waals surface area contributed by atoms with Crippen molar-refractivity contribution in [1.29, 1.82) is 0 Å². The molecule has 0 bridgehead atoms. The Labute approximate surface area is 489 Å². The molecular formula is C73H126O6. The normalized spacial score (nSPS) is 12.7. The first kappa shape index (κ1) is 75.3. The van der Waals surface area contributed by atoms with E-state index in [1.807, 2.05) is 6.08 Å². The number of ether oxygens (including phenoxy) is 3. The molecule has 6 heteroatoms. The van der Waals surface area contributed by atoms with E-state index in [-0.39, 0.29) is 37.5 Å². The molecule has 79 heavy (non-hydrogen) atoms.